The number of phosphoric ester groups is 1. The fourth-order valence-electron chi connectivity index (χ4n) is 7.96. The summed E-state index contributed by atoms with van der Waals surface area (Å²) in [5.41, 5.74) is 0. The Bertz CT molecular complexity index is 1430. The van der Waals surface area contributed by atoms with E-state index in [0.717, 1.165) is 89.9 Å². The fourth-order valence-corrected chi connectivity index (χ4v) is 8.68. The number of rotatable bonds is 51. The van der Waals surface area contributed by atoms with E-state index < -0.39 is 26.6 Å². The quantitative estimate of drug-likeness (QED) is 0.0212. The highest BCUT2D eigenvalue weighted by Crippen LogP contribution is 2.38. The molecule has 9 nitrogen and oxygen atoms in total. The van der Waals surface area contributed by atoms with Gasteiger partial charge in [-0.25, -0.2) is 0 Å². The smallest absolute Gasteiger partial charge is 0.306 e. The molecule has 0 spiro atoms. The topological polar surface area (TPSA) is 114 Å². The molecule has 406 valence electrons. The third kappa shape index (κ3) is 50.4. The van der Waals surface area contributed by atoms with Crippen LogP contribution in [0.1, 0.15) is 245 Å². The van der Waals surface area contributed by atoms with Gasteiger partial charge < -0.3 is 28.5 Å². The molecule has 0 bridgehead atoms. The van der Waals surface area contributed by atoms with Crippen molar-refractivity contribution < 1.29 is 37.3 Å². The van der Waals surface area contributed by atoms with Crippen molar-refractivity contribution >= 4 is 19.7 Å². The van der Waals surface area contributed by atoms with Crippen molar-refractivity contribution in [2.45, 2.75) is 258 Å². The average molecular weight is 1000 g/mol. The Kier molecular flexibility index (Phi) is 48.2. The van der Waals surface area contributed by atoms with Crippen LogP contribution in [0.2, 0.25) is 0 Å². The van der Waals surface area contributed by atoms with Crippen LogP contribution in [0.3, 0.4) is 0 Å². The molecule has 0 fully saturated rings. The maximum Gasteiger partial charge on any atom is 0.306 e. The predicted molar refractivity (Wildman–Crippen MR) is 298 cm³/mol. The SMILES string of the molecule is CC/C=C\C/C=C\C/C=C\C/C=C\C/C=C\CCCCCC(=O)OC(/C=C/CCCCCCCCCCC)C(COP(=O)([O-])OCC[N+](C)(C)C)NC(=O)CCCCCCCCCCCCCCCC. The van der Waals surface area contributed by atoms with Gasteiger partial charge in [0.05, 0.1) is 33.8 Å². The van der Waals surface area contributed by atoms with Gasteiger partial charge in [-0.15, -0.1) is 0 Å². The summed E-state index contributed by atoms with van der Waals surface area (Å²) in [6, 6.07) is -0.901. The summed E-state index contributed by atoms with van der Waals surface area (Å²) in [4.78, 5) is 39.8. The summed E-state index contributed by atoms with van der Waals surface area (Å²) in [6.45, 7) is 6.70. The zero-order valence-electron chi connectivity index (χ0n) is 46.2. The third-order valence-electron chi connectivity index (χ3n) is 12.4. The van der Waals surface area contributed by atoms with Crippen LogP contribution in [-0.2, 0) is 27.9 Å². The molecule has 0 aromatic rings. The number of carbonyl (C=O) groups is 2. The Hall–Kier alpha value is -2.55. The van der Waals surface area contributed by atoms with Crippen LogP contribution in [0.4, 0.5) is 0 Å². The second-order valence-corrected chi connectivity index (χ2v) is 21.8. The van der Waals surface area contributed by atoms with Crippen molar-refractivity contribution in [3.63, 3.8) is 0 Å². The molecule has 0 rings (SSSR count). The van der Waals surface area contributed by atoms with Gasteiger partial charge in [0.15, 0.2) is 0 Å². The molecule has 1 amide bonds. The van der Waals surface area contributed by atoms with E-state index in [2.05, 4.69) is 86.8 Å². The lowest BCUT2D eigenvalue weighted by atomic mass is 10.0. The summed E-state index contributed by atoms with van der Waals surface area (Å²) in [5, 5.41) is 3.01. The molecule has 0 radical (unpaired) electrons. The number of ether oxygens (including phenoxy) is 1. The number of likely N-dealkylation sites (N-methyl/N-ethyl adjacent to an activating group) is 1. The molecule has 0 aliphatic heterocycles. The van der Waals surface area contributed by atoms with E-state index in [1.807, 2.05) is 33.3 Å². The van der Waals surface area contributed by atoms with E-state index in [-0.39, 0.29) is 24.9 Å². The van der Waals surface area contributed by atoms with E-state index in [0.29, 0.717) is 23.9 Å². The molecule has 1 N–H and O–H groups in total. The number of hydrogen-bond acceptors (Lipinski definition) is 7. The van der Waals surface area contributed by atoms with Gasteiger partial charge in [0.25, 0.3) is 7.82 Å². The summed E-state index contributed by atoms with van der Waals surface area (Å²) in [7, 11) is 1.16. The first-order chi connectivity index (χ1) is 33.9. The van der Waals surface area contributed by atoms with Crippen molar-refractivity contribution in [2.24, 2.45) is 0 Å². The molecular formula is C60H109N2O7P. The molecule has 70 heavy (non-hydrogen) atoms. The molecule has 0 aromatic heterocycles. The second kappa shape index (κ2) is 50.0. The van der Waals surface area contributed by atoms with E-state index in [9.17, 15) is 19.0 Å². The summed E-state index contributed by atoms with van der Waals surface area (Å²) >= 11 is 0. The lowest BCUT2D eigenvalue weighted by Gasteiger charge is -2.30. The van der Waals surface area contributed by atoms with E-state index >= 15 is 0 Å². The van der Waals surface area contributed by atoms with Crippen LogP contribution < -0.4 is 10.2 Å². The number of nitrogens with one attached hydrogen (secondary N) is 1. The first-order valence-corrected chi connectivity index (χ1v) is 30.2. The van der Waals surface area contributed by atoms with Crippen molar-refractivity contribution in [2.75, 3.05) is 40.9 Å². The third-order valence-corrected chi connectivity index (χ3v) is 13.4. The Morgan fingerprint density at radius 3 is 1.39 bits per heavy atom. The number of hydrogen-bond donors (Lipinski definition) is 1. The Balaban J connectivity index is 5.36. The summed E-state index contributed by atoms with van der Waals surface area (Å²) in [6.07, 6.45) is 62.9. The predicted octanol–water partition coefficient (Wildman–Crippen LogP) is 16.6. The van der Waals surface area contributed by atoms with Crippen molar-refractivity contribution in [3.05, 3.63) is 72.9 Å². The summed E-state index contributed by atoms with van der Waals surface area (Å²) in [5.74, 6) is -0.578. The lowest BCUT2D eigenvalue weighted by molar-refractivity contribution is -0.870. The Morgan fingerprint density at radius 2 is 0.914 bits per heavy atom. The lowest BCUT2D eigenvalue weighted by Crippen LogP contribution is -2.47. The van der Waals surface area contributed by atoms with E-state index in [4.69, 9.17) is 13.8 Å². The zero-order chi connectivity index (χ0) is 51.5. The molecule has 10 heteroatoms. The molecule has 0 saturated heterocycles. The van der Waals surface area contributed by atoms with Crippen LogP contribution in [-0.4, -0.2) is 69.4 Å². The monoisotopic (exact) mass is 1000 g/mol. The normalized spacial score (nSPS) is 14.3. The van der Waals surface area contributed by atoms with E-state index in [1.165, 1.54) is 116 Å². The van der Waals surface area contributed by atoms with Crippen LogP contribution in [0, 0.1) is 0 Å². The number of carbonyl (C=O) groups excluding carboxylic acids is 2. The van der Waals surface area contributed by atoms with Crippen LogP contribution in [0.15, 0.2) is 72.9 Å². The fraction of sp³-hybridized carbons (Fsp3) is 0.767. The molecule has 0 saturated carbocycles. The van der Waals surface area contributed by atoms with Crippen molar-refractivity contribution in [3.8, 4) is 0 Å². The van der Waals surface area contributed by atoms with Gasteiger partial charge in [0.1, 0.15) is 19.3 Å². The van der Waals surface area contributed by atoms with Gasteiger partial charge in [-0.3, -0.25) is 14.2 Å². The number of allylic oxidation sites excluding steroid dienone is 11. The highest BCUT2D eigenvalue weighted by molar-refractivity contribution is 7.45. The van der Waals surface area contributed by atoms with Gasteiger partial charge in [-0.1, -0.05) is 229 Å². The maximum absolute atomic E-state index is 13.5. The molecular weight excluding hydrogens is 892 g/mol. The summed E-state index contributed by atoms with van der Waals surface area (Å²) < 4.78 is 30.2. The van der Waals surface area contributed by atoms with Crippen molar-refractivity contribution in [1.82, 2.24) is 5.32 Å². The van der Waals surface area contributed by atoms with Crippen molar-refractivity contribution in [1.29, 1.82) is 0 Å². The Labute approximate surface area is 432 Å². The number of unbranched alkanes of at least 4 members (excludes halogenated alkanes) is 25. The molecule has 0 aliphatic rings. The minimum absolute atomic E-state index is 0.0292. The number of phosphoric acid groups is 1. The number of quaternary nitrogens is 1. The van der Waals surface area contributed by atoms with Gasteiger partial charge >= 0.3 is 5.97 Å². The molecule has 3 atom stereocenters. The largest absolute Gasteiger partial charge is 0.756 e. The van der Waals surface area contributed by atoms with E-state index in [1.54, 1.807) is 0 Å². The van der Waals surface area contributed by atoms with Gasteiger partial charge in [-0.05, 0) is 76.7 Å². The van der Waals surface area contributed by atoms with Gasteiger partial charge in [-0.2, -0.15) is 0 Å². The first-order valence-electron chi connectivity index (χ1n) is 28.7. The Morgan fingerprint density at radius 1 is 0.514 bits per heavy atom. The minimum Gasteiger partial charge on any atom is -0.756 e. The van der Waals surface area contributed by atoms with Gasteiger partial charge in [0, 0.05) is 12.8 Å². The molecule has 3 unspecified atom stereocenters. The van der Waals surface area contributed by atoms with Crippen LogP contribution in [0.25, 0.3) is 0 Å². The maximum atomic E-state index is 13.5. The van der Waals surface area contributed by atoms with Crippen LogP contribution in [0.5, 0.6) is 0 Å². The van der Waals surface area contributed by atoms with Crippen LogP contribution >= 0.6 is 7.82 Å². The average Bonchev–Trinajstić information content (AvgIpc) is 3.32. The molecule has 0 aromatic carbocycles. The second-order valence-electron chi connectivity index (χ2n) is 20.4. The highest BCUT2D eigenvalue weighted by Gasteiger charge is 2.27. The highest BCUT2D eigenvalue weighted by atomic mass is 31.2. The minimum atomic E-state index is -4.70. The van der Waals surface area contributed by atoms with Gasteiger partial charge in [0.2, 0.25) is 5.91 Å². The standard InChI is InChI=1S/C60H109N2O7P/c1-7-10-13-16-19-22-25-27-29-30-31-32-33-35-38-41-44-47-50-53-60(64)69-58(51-48-45-42-39-36-24-21-18-15-12-9-3)57(56-68-70(65,66)67-55-54-62(4,5)6)61-59(63)52-49-46-43-40-37-34-28-26-23-20-17-14-11-8-2/h10,13,19,22,27,29,31-32,35,38,48,51,57-58H,7-9,11-12,14-18,20-21,23-26,28,30,33-34,36-37,39-47,49-50,52-56H2,1-6H3,(H-,61,63,65,66)/b13-10-,22-19-,29-27-,32-31-,38-35-,51-48+. The molecule has 0 aliphatic carbocycles. The number of nitrogens with zero attached hydrogens (tertiary/aromatic N) is 1. The number of esters is 1. The molecule has 0 heterocycles. The zero-order valence-corrected chi connectivity index (χ0v) is 47.1. The number of amides is 1. The first kappa shape index (κ1) is 67.5.